The van der Waals surface area contributed by atoms with E-state index >= 15 is 0 Å². The van der Waals surface area contributed by atoms with Crippen molar-refractivity contribution in [3.05, 3.63) is 24.3 Å². The third-order valence-corrected chi connectivity index (χ3v) is 2.71. The zero-order valence-electron chi connectivity index (χ0n) is 9.29. The number of nitrogens with zero attached hydrogens (tertiary/aromatic N) is 1. The third-order valence-electron chi connectivity index (χ3n) is 2.71. The molecule has 1 aliphatic heterocycles. The molecule has 0 aromatic heterocycles. The number of nitrogens with one attached hydrogen (secondary N) is 2. The first-order valence-corrected chi connectivity index (χ1v) is 5.70. The fourth-order valence-corrected chi connectivity index (χ4v) is 1.94. The quantitative estimate of drug-likeness (QED) is 0.783. The van der Waals surface area contributed by atoms with E-state index in [1.165, 1.54) is 11.4 Å². The van der Waals surface area contributed by atoms with E-state index in [2.05, 4.69) is 46.7 Å². The lowest BCUT2D eigenvalue weighted by Crippen LogP contribution is -2.43. The minimum atomic E-state index is 0.977. The van der Waals surface area contributed by atoms with Crippen LogP contribution in [0.5, 0.6) is 0 Å². The van der Waals surface area contributed by atoms with E-state index in [0.717, 1.165) is 32.7 Å². The average molecular weight is 205 g/mol. The second kappa shape index (κ2) is 5.03. The highest BCUT2D eigenvalue weighted by Crippen LogP contribution is 2.19. The van der Waals surface area contributed by atoms with Gasteiger partial charge in [-0.1, -0.05) is 6.07 Å². The van der Waals surface area contributed by atoms with Gasteiger partial charge >= 0.3 is 0 Å². The monoisotopic (exact) mass is 205 g/mol. The summed E-state index contributed by atoms with van der Waals surface area (Å²) in [7, 11) is 0. The molecule has 2 rings (SSSR count). The van der Waals surface area contributed by atoms with Crippen molar-refractivity contribution in [1.29, 1.82) is 0 Å². The first kappa shape index (κ1) is 10.3. The van der Waals surface area contributed by atoms with Crippen molar-refractivity contribution in [2.24, 2.45) is 0 Å². The smallest absolute Gasteiger partial charge is 0.0387 e. The van der Waals surface area contributed by atoms with Gasteiger partial charge in [0, 0.05) is 44.1 Å². The molecule has 82 valence electrons. The average Bonchev–Trinajstić information content (AvgIpc) is 2.31. The van der Waals surface area contributed by atoms with Crippen LogP contribution in [0.1, 0.15) is 6.92 Å². The fourth-order valence-electron chi connectivity index (χ4n) is 1.94. The van der Waals surface area contributed by atoms with Gasteiger partial charge in [0.15, 0.2) is 0 Å². The van der Waals surface area contributed by atoms with Crippen molar-refractivity contribution in [2.45, 2.75) is 6.92 Å². The molecule has 0 saturated carbocycles. The van der Waals surface area contributed by atoms with Gasteiger partial charge in [0.2, 0.25) is 0 Å². The Morgan fingerprint density at radius 2 is 2.13 bits per heavy atom. The molecule has 0 radical (unpaired) electrons. The van der Waals surface area contributed by atoms with Crippen molar-refractivity contribution in [2.75, 3.05) is 42.9 Å². The first-order chi connectivity index (χ1) is 7.40. The van der Waals surface area contributed by atoms with E-state index in [4.69, 9.17) is 0 Å². The van der Waals surface area contributed by atoms with Gasteiger partial charge in [-0.3, -0.25) is 0 Å². The van der Waals surface area contributed by atoms with E-state index in [-0.39, 0.29) is 0 Å². The molecule has 15 heavy (non-hydrogen) atoms. The summed E-state index contributed by atoms with van der Waals surface area (Å²) in [4.78, 5) is 2.43. The number of hydrogen-bond donors (Lipinski definition) is 2. The first-order valence-electron chi connectivity index (χ1n) is 5.70. The van der Waals surface area contributed by atoms with Crippen LogP contribution in [0.15, 0.2) is 24.3 Å². The van der Waals surface area contributed by atoms with Gasteiger partial charge < -0.3 is 15.5 Å². The number of piperazine rings is 1. The molecule has 0 unspecified atom stereocenters. The molecule has 1 heterocycles. The van der Waals surface area contributed by atoms with Crippen molar-refractivity contribution < 1.29 is 0 Å². The fraction of sp³-hybridized carbons (Fsp3) is 0.500. The lowest BCUT2D eigenvalue weighted by molar-refractivity contribution is 0.589. The Morgan fingerprint density at radius 1 is 1.33 bits per heavy atom. The largest absolute Gasteiger partial charge is 0.385 e. The van der Waals surface area contributed by atoms with Gasteiger partial charge in [0.25, 0.3) is 0 Å². The third kappa shape index (κ3) is 2.63. The van der Waals surface area contributed by atoms with E-state index in [1.54, 1.807) is 0 Å². The summed E-state index contributed by atoms with van der Waals surface area (Å²) >= 11 is 0. The minimum Gasteiger partial charge on any atom is -0.385 e. The molecule has 2 N–H and O–H groups in total. The molecule has 0 bridgehead atoms. The molecule has 0 aliphatic carbocycles. The van der Waals surface area contributed by atoms with Crippen molar-refractivity contribution in [3.63, 3.8) is 0 Å². The Labute approximate surface area is 91.5 Å². The van der Waals surface area contributed by atoms with Crippen LogP contribution in [0.25, 0.3) is 0 Å². The molecule has 0 amide bonds. The Bertz CT molecular complexity index is 305. The highest BCUT2D eigenvalue weighted by Gasteiger charge is 2.09. The SMILES string of the molecule is CCNc1cccc(N2CCNCC2)c1. The molecular formula is C12H19N3. The highest BCUT2D eigenvalue weighted by atomic mass is 15.2. The van der Waals surface area contributed by atoms with Gasteiger partial charge in [-0.2, -0.15) is 0 Å². The molecule has 1 aromatic carbocycles. The van der Waals surface area contributed by atoms with Crippen molar-refractivity contribution in [3.8, 4) is 0 Å². The lowest BCUT2D eigenvalue weighted by Gasteiger charge is -2.29. The van der Waals surface area contributed by atoms with E-state index < -0.39 is 0 Å². The lowest BCUT2D eigenvalue weighted by atomic mass is 10.2. The topological polar surface area (TPSA) is 27.3 Å². The second-order valence-electron chi connectivity index (χ2n) is 3.82. The molecular weight excluding hydrogens is 186 g/mol. The second-order valence-corrected chi connectivity index (χ2v) is 3.82. The Balaban J connectivity index is 2.09. The van der Waals surface area contributed by atoms with Crippen molar-refractivity contribution in [1.82, 2.24) is 5.32 Å². The molecule has 0 spiro atoms. The van der Waals surface area contributed by atoms with Crippen LogP contribution >= 0.6 is 0 Å². The van der Waals surface area contributed by atoms with Gasteiger partial charge in [0.1, 0.15) is 0 Å². The van der Waals surface area contributed by atoms with Crippen LogP contribution in [0, 0.1) is 0 Å². The Hall–Kier alpha value is -1.22. The molecule has 1 aromatic rings. The Morgan fingerprint density at radius 3 is 2.87 bits per heavy atom. The van der Waals surface area contributed by atoms with Gasteiger partial charge in [0.05, 0.1) is 0 Å². The van der Waals surface area contributed by atoms with Gasteiger partial charge in [-0.15, -0.1) is 0 Å². The van der Waals surface area contributed by atoms with Gasteiger partial charge in [-0.25, -0.2) is 0 Å². The standard InChI is InChI=1S/C12H19N3/c1-2-14-11-4-3-5-12(10-11)15-8-6-13-7-9-15/h3-5,10,13-14H,2,6-9H2,1H3. The normalized spacial score (nSPS) is 16.5. The molecule has 3 nitrogen and oxygen atoms in total. The van der Waals surface area contributed by atoms with E-state index in [0.29, 0.717) is 0 Å². The zero-order chi connectivity index (χ0) is 10.5. The minimum absolute atomic E-state index is 0.977. The van der Waals surface area contributed by atoms with Crippen LogP contribution in [0.3, 0.4) is 0 Å². The van der Waals surface area contributed by atoms with Crippen LogP contribution in [0.4, 0.5) is 11.4 Å². The number of rotatable bonds is 3. The van der Waals surface area contributed by atoms with Crippen LogP contribution in [-0.2, 0) is 0 Å². The summed E-state index contributed by atoms with van der Waals surface area (Å²) in [6.07, 6.45) is 0. The number of benzene rings is 1. The van der Waals surface area contributed by atoms with Crippen LogP contribution < -0.4 is 15.5 Å². The molecule has 0 atom stereocenters. The predicted octanol–water partition coefficient (Wildman–Crippen LogP) is 1.53. The predicted molar refractivity (Wildman–Crippen MR) is 65.7 cm³/mol. The summed E-state index contributed by atoms with van der Waals surface area (Å²) in [6, 6.07) is 8.66. The highest BCUT2D eigenvalue weighted by molar-refractivity contribution is 5.58. The Kier molecular flexibility index (Phi) is 3.45. The van der Waals surface area contributed by atoms with Crippen LogP contribution in [0.2, 0.25) is 0 Å². The van der Waals surface area contributed by atoms with Gasteiger partial charge in [-0.05, 0) is 25.1 Å². The molecule has 3 heteroatoms. The van der Waals surface area contributed by atoms with Crippen LogP contribution in [-0.4, -0.2) is 32.7 Å². The summed E-state index contributed by atoms with van der Waals surface area (Å²) in [5.74, 6) is 0. The maximum atomic E-state index is 3.37. The summed E-state index contributed by atoms with van der Waals surface area (Å²) < 4.78 is 0. The summed E-state index contributed by atoms with van der Waals surface area (Å²) in [6.45, 7) is 7.49. The molecule has 1 saturated heterocycles. The summed E-state index contributed by atoms with van der Waals surface area (Å²) in [5.41, 5.74) is 2.54. The van der Waals surface area contributed by atoms with E-state index in [9.17, 15) is 0 Å². The van der Waals surface area contributed by atoms with E-state index in [1.807, 2.05) is 0 Å². The maximum Gasteiger partial charge on any atom is 0.0387 e. The molecule has 1 fully saturated rings. The van der Waals surface area contributed by atoms with Crippen molar-refractivity contribution >= 4 is 11.4 Å². The summed E-state index contributed by atoms with van der Waals surface area (Å²) in [5, 5.41) is 6.71. The zero-order valence-corrected chi connectivity index (χ0v) is 9.29. The maximum absolute atomic E-state index is 3.37. The number of anilines is 2. The number of hydrogen-bond acceptors (Lipinski definition) is 3. The molecule has 1 aliphatic rings.